The summed E-state index contributed by atoms with van der Waals surface area (Å²) in [6.07, 6.45) is 8.88. The highest BCUT2D eigenvalue weighted by Gasteiger charge is 2.15. The molecule has 0 saturated carbocycles. The maximum atomic E-state index is 8.94. The molecule has 2 aliphatic carbocycles. The fourth-order valence-corrected chi connectivity index (χ4v) is 2.34. The number of benzene rings is 1. The first kappa shape index (κ1) is 9.63. The third-order valence-corrected chi connectivity index (χ3v) is 3.18. The van der Waals surface area contributed by atoms with Crippen molar-refractivity contribution in [1.82, 2.24) is 0 Å². The Morgan fingerprint density at radius 2 is 1.94 bits per heavy atom. The molecule has 78 valence electrons. The maximum Gasteiger partial charge on any atom is 0.133 e. The third kappa shape index (κ3) is 1.32. The Bertz CT molecular complexity index is 762. The molecule has 1 aromatic carbocycles. The Labute approximate surface area is 98.7 Å². The normalized spacial score (nSPS) is 14.1. The molecule has 0 heterocycles. The molecule has 0 aliphatic heterocycles. The monoisotopic (exact) mass is 216 g/mol. The molecular weight excluding hydrogens is 208 g/mol. The van der Waals surface area contributed by atoms with Crippen LogP contribution in [0.2, 0.25) is 0 Å². The molecule has 2 heteroatoms. The number of hydrogen-bond donors (Lipinski definition) is 0. The van der Waals surface area contributed by atoms with E-state index < -0.39 is 0 Å². The second-order valence-corrected chi connectivity index (χ2v) is 4.08. The highest BCUT2D eigenvalue weighted by Crippen LogP contribution is 2.24. The van der Waals surface area contributed by atoms with Crippen LogP contribution in [0.15, 0.2) is 23.8 Å². The molecule has 0 aromatic heterocycles. The molecule has 0 unspecified atom stereocenters. The van der Waals surface area contributed by atoms with E-state index in [4.69, 9.17) is 10.5 Å². The van der Waals surface area contributed by atoms with Gasteiger partial charge in [-0.05, 0) is 45.7 Å². The van der Waals surface area contributed by atoms with Crippen molar-refractivity contribution in [2.45, 2.75) is 6.42 Å². The van der Waals surface area contributed by atoms with Gasteiger partial charge in [-0.1, -0.05) is 24.3 Å². The molecule has 0 radical (unpaired) electrons. The van der Waals surface area contributed by atoms with E-state index in [2.05, 4.69) is 24.3 Å². The molecule has 0 amide bonds. The first-order chi connectivity index (χ1) is 8.33. The Kier molecular flexibility index (Phi) is 1.97. The summed E-state index contributed by atoms with van der Waals surface area (Å²) in [5.74, 6) is 0. The molecule has 1 aromatic rings. The minimum absolute atomic E-state index is 0.228. The van der Waals surface area contributed by atoms with Crippen molar-refractivity contribution in [3.8, 4) is 12.1 Å². The standard InChI is InChI=1S/C15H8N2/c16-8-13(9-17)14-5-4-12-6-10-2-1-3-11(10)7-15(12)14/h1-4,6-7H,5H2. The zero-order valence-corrected chi connectivity index (χ0v) is 9.07. The maximum absolute atomic E-state index is 8.94. The molecule has 0 saturated heterocycles. The summed E-state index contributed by atoms with van der Waals surface area (Å²) in [6, 6.07) is 8.13. The molecule has 0 bridgehead atoms. The van der Waals surface area contributed by atoms with Crippen LogP contribution in [0.5, 0.6) is 0 Å². The molecule has 3 rings (SSSR count). The molecule has 0 atom stereocenters. The fraction of sp³-hybridized carbons (Fsp3) is 0.0667. The van der Waals surface area contributed by atoms with Crippen molar-refractivity contribution in [2.24, 2.45) is 0 Å². The Hall–Kier alpha value is -2.58. The third-order valence-electron chi connectivity index (χ3n) is 3.18. The van der Waals surface area contributed by atoms with Crippen molar-refractivity contribution < 1.29 is 0 Å². The molecule has 17 heavy (non-hydrogen) atoms. The summed E-state index contributed by atoms with van der Waals surface area (Å²) in [5, 5.41) is 20.2. The predicted octanol–water partition coefficient (Wildman–Crippen LogP) is 1.48. The van der Waals surface area contributed by atoms with E-state index in [0.29, 0.717) is 6.42 Å². The van der Waals surface area contributed by atoms with Gasteiger partial charge < -0.3 is 0 Å². The van der Waals surface area contributed by atoms with Crippen LogP contribution in [0.3, 0.4) is 0 Å². The number of fused-ring (bicyclic) bond motifs is 2. The minimum atomic E-state index is 0.228. The fourth-order valence-electron chi connectivity index (χ4n) is 2.34. The number of allylic oxidation sites excluding steroid dienone is 3. The van der Waals surface area contributed by atoms with Gasteiger partial charge in [0, 0.05) is 0 Å². The zero-order chi connectivity index (χ0) is 11.8. The first-order valence-electron chi connectivity index (χ1n) is 5.40. The largest absolute Gasteiger partial charge is 0.192 e. The average Bonchev–Trinajstić information content (AvgIpc) is 2.94. The van der Waals surface area contributed by atoms with Crippen molar-refractivity contribution in [2.75, 3.05) is 0 Å². The molecule has 0 spiro atoms. The van der Waals surface area contributed by atoms with Gasteiger partial charge in [0.1, 0.15) is 17.7 Å². The second-order valence-electron chi connectivity index (χ2n) is 4.08. The summed E-state index contributed by atoms with van der Waals surface area (Å²) in [6.45, 7) is 0. The van der Waals surface area contributed by atoms with E-state index >= 15 is 0 Å². The van der Waals surface area contributed by atoms with Gasteiger partial charge in [0.05, 0.1) is 0 Å². The lowest BCUT2D eigenvalue weighted by molar-refractivity contribution is 1.42. The van der Waals surface area contributed by atoms with Crippen molar-refractivity contribution in [1.29, 1.82) is 10.5 Å². The first-order valence-corrected chi connectivity index (χ1v) is 5.40. The van der Waals surface area contributed by atoms with E-state index in [9.17, 15) is 0 Å². The van der Waals surface area contributed by atoms with Crippen LogP contribution >= 0.6 is 0 Å². The topological polar surface area (TPSA) is 47.6 Å². The second kappa shape index (κ2) is 3.47. The van der Waals surface area contributed by atoms with Crippen molar-refractivity contribution in [3.05, 3.63) is 45.3 Å². The van der Waals surface area contributed by atoms with E-state index in [1.807, 2.05) is 24.3 Å². The van der Waals surface area contributed by atoms with Crippen molar-refractivity contribution >= 4 is 23.8 Å². The Balaban J connectivity index is 2.32. The van der Waals surface area contributed by atoms with Gasteiger partial charge in [-0.2, -0.15) is 10.5 Å². The molecule has 2 nitrogen and oxygen atoms in total. The average molecular weight is 216 g/mol. The minimum Gasteiger partial charge on any atom is -0.192 e. The van der Waals surface area contributed by atoms with Gasteiger partial charge in [-0.15, -0.1) is 0 Å². The molecule has 2 aliphatic rings. The van der Waals surface area contributed by atoms with Gasteiger partial charge >= 0.3 is 0 Å². The number of nitrogens with zero attached hydrogens (tertiary/aromatic N) is 2. The SMILES string of the molecule is N#CC(C#N)=C1CC=c2cc3c(cc21)=CC=C3. The van der Waals surface area contributed by atoms with E-state index in [0.717, 1.165) is 21.6 Å². The lowest BCUT2D eigenvalue weighted by Crippen LogP contribution is -2.13. The smallest absolute Gasteiger partial charge is 0.133 e. The van der Waals surface area contributed by atoms with Crippen LogP contribution in [0.25, 0.3) is 23.8 Å². The summed E-state index contributed by atoms with van der Waals surface area (Å²) in [7, 11) is 0. The van der Waals surface area contributed by atoms with Gasteiger partial charge in [0.15, 0.2) is 0 Å². The Morgan fingerprint density at radius 3 is 2.71 bits per heavy atom. The molecular formula is C15H8N2. The predicted molar refractivity (Wildman–Crippen MR) is 66.4 cm³/mol. The highest BCUT2D eigenvalue weighted by atomic mass is 14.3. The quantitative estimate of drug-likeness (QED) is 0.617. The number of hydrogen-bond acceptors (Lipinski definition) is 2. The van der Waals surface area contributed by atoms with Crippen LogP contribution in [0.4, 0.5) is 0 Å². The highest BCUT2D eigenvalue weighted by molar-refractivity contribution is 5.84. The summed E-state index contributed by atoms with van der Waals surface area (Å²) >= 11 is 0. The van der Waals surface area contributed by atoms with Crippen molar-refractivity contribution in [3.63, 3.8) is 0 Å². The number of nitriles is 2. The van der Waals surface area contributed by atoms with E-state index in [-0.39, 0.29) is 5.57 Å². The lowest BCUT2D eigenvalue weighted by Gasteiger charge is -2.01. The van der Waals surface area contributed by atoms with Crippen LogP contribution in [-0.2, 0) is 0 Å². The zero-order valence-electron chi connectivity index (χ0n) is 9.07. The van der Waals surface area contributed by atoms with Crippen LogP contribution in [-0.4, -0.2) is 0 Å². The van der Waals surface area contributed by atoms with Gasteiger partial charge in [-0.3, -0.25) is 0 Å². The van der Waals surface area contributed by atoms with Crippen LogP contribution in [0.1, 0.15) is 17.5 Å². The number of rotatable bonds is 0. The van der Waals surface area contributed by atoms with Crippen LogP contribution < -0.4 is 10.4 Å². The Morgan fingerprint density at radius 1 is 1.12 bits per heavy atom. The summed E-state index contributed by atoms with van der Waals surface area (Å²) in [5.41, 5.74) is 3.32. The van der Waals surface area contributed by atoms with Gasteiger partial charge in [0.25, 0.3) is 0 Å². The van der Waals surface area contributed by atoms with E-state index in [1.54, 1.807) is 0 Å². The summed E-state index contributed by atoms with van der Waals surface area (Å²) < 4.78 is 0. The lowest BCUT2D eigenvalue weighted by atomic mass is 10.0. The van der Waals surface area contributed by atoms with Gasteiger partial charge in [-0.25, -0.2) is 0 Å². The summed E-state index contributed by atoms with van der Waals surface area (Å²) in [4.78, 5) is 0. The van der Waals surface area contributed by atoms with E-state index in [1.165, 1.54) is 5.56 Å². The molecule has 0 fully saturated rings. The van der Waals surface area contributed by atoms with Gasteiger partial charge in [0.2, 0.25) is 0 Å². The molecule has 0 N–H and O–H groups in total. The van der Waals surface area contributed by atoms with Crippen LogP contribution in [0, 0.1) is 22.7 Å².